The van der Waals surface area contributed by atoms with Gasteiger partial charge >= 0.3 is 0 Å². The molecule has 0 radical (unpaired) electrons. The van der Waals surface area contributed by atoms with Gasteiger partial charge in [-0.3, -0.25) is 0 Å². The van der Waals surface area contributed by atoms with Crippen LogP contribution < -0.4 is 5.32 Å². The zero-order chi connectivity index (χ0) is 13.9. The highest BCUT2D eigenvalue weighted by Crippen LogP contribution is 2.30. The molecular weight excluding hydrogens is 286 g/mol. The van der Waals surface area contributed by atoms with Crippen LogP contribution in [0, 0.1) is 6.92 Å². The van der Waals surface area contributed by atoms with Crippen molar-refractivity contribution in [2.45, 2.75) is 13.5 Å². The summed E-state index contributed by atoms with van der Waals surface area (Å²) in [7, 11) is 0. The van der Waals surface area contributed by atoms with Crippen LogP contribution in [-0.4, -0.2) is 5.11 Å². The van der Waals surface area contributed by atoms with Crippen LogP contribution >= 0.6 is 22.7 Å². The molecular formula is C16H15NOS2. The summed E-state index contributed by atoms with van der Waals surface area (Å²) in [6.45, 7) is 2.67. The van der Waals surface area contributed by atoms with Gasteiger partial charge in [0.2, 0.25) is 0 Å². The summed E-state index contributed by atoms with van der Waals surface area (Å²) in [5.74, 6) is 0.334. The topological polar surface area (TPSA) is 32.3 Å². The first kappa shape index (κ1) is 13.2. The molecule has 3 rings (SSSR count). The molecule has 0 atom stereocenters. The van der Waals surface area contributed by atoms with E-state index in [1.54, 1.807) is 28.7 Å². The first-order chi connectivity index (χ1) is 9.72. The second-order valence-electron chi connectivity index (χ2n) is 4.63. The molecule has 0 aliphatic rings. The molecule has 0 unspecified atom stereocenters. The van der Waals surface area contributed by atoms with Gasteiger partial charge in [-0.05, 0) is 41.4 Å². The Morgan fingerprint density at radius 1 is 1.15 bits per heavy atom. The van der Waals surface area contributed by atoms with E-state index in [0.29, 0.717) is 5.75 Å². The van der Waals surface area contributed by atoms with Gasteiger partial charge in [0.25, 0.3) is 0 Å². The monoisotopic (exact) mass is 301 g/mol. The molecule has 2 aromatic heterocycles. The number of anilines is 1. The molecule has 3 aromatic rings. The molecule has 1 aromatic carbocycles. The maximum Gasteiger partial charge on any atom is 0.120 e. The highest BCUT2D eigenvalue weighted by Gasteiger charge is 2.04. The summed E-state index contributed by atoms with van der Waals surface area (Å²) < 4.78 is 0. The van der Waals surface area contributed by atoms with E-state index in [-0.39, 0.29) is 0 Å². The van der Waals surface area contributed by atoms with E-state index in [9.17, 15) is 5.11 Å². The molecule has 102 valence electrons. The molecule has 2 nitrogen and oxygen atoms in total. The van der Waals surface area contributed by atoms with E-state index in [0.717, 1.165) is 17.8 Å². The Balaban J connectivity index is 1.68. The Kier molecular flexibility index (Phi) is 3.76. The normalized spacial score (nSPS) is 10.7. The fourth-order valence-electron chi connectivity index (χ4n) is 1.95. The summed E-state index contributed by atoms with van der Waals surface area (Å²) in [6, 6.07) is 12.1. The Morgan fingerprint density at radius 3 is 2.80 bits per heavy atom. The zero-order valence-electron chi connectivity index (χ0n) is 11.1. The van der Waals surface area contributed by atoms with Crippen LogP contribution in [0.1, 0.15) is 10.4 Å². The van der Waals surface area contributed by atoms with E-state index >= 15 is 0 Å². The number of phenolic OH excluding ortho intramolecular Hbond substituents is 1. The highest BCUT2D eigenvalue weighted by molar-refractivity contribution is 7.14. The summed E-state index contributed by atoms with van der Waals surface area (Å²) in [6.07, 6.45) is 0. The number of rotatable bonds is 4. The molecule has 2 N–H and O–H groups in total. The van der Waals surface area contributed by atoms with Gasteiger partial charge in [0.1, 0.15) is 5.75 Å². The fraction of sp³-hybridized carbons (Fsp3) is 0.125. The van der Waals surface area contributed by atoms with Gasteiger partial charge in [-0.25, -0.2) is 0 Å². The van der Waals surface area contributed by atoms with E-state index in [1.807, 2.05) is 19.1 Å². The highest BCUT2D eigenvalue weighted by atomic mass is 32.1. The largest absolute Gasteiger partial charge is 0.508 e. The zero-order valence-corrected chi connectivity index (χ0v) is 12.7. The second-order valence-corrected chi connectivity index (χ2v) is 6.58. The number of benzene rings is 1. The van der Waals surface area contributed by atoms with Crippen molar-refractivity contribution in [3.63, 3.8) is 0 Å². The molecule has 0 bridgehead atoms. The van der Waals surface area contributed by atoms with Crippen molar-refractivity contribution in [1.82, 2.24) is 0 Å². The molecule has 0 fully saturated rings. The lowest BCUT2D eigenvalue weighted by Crippen LogP contribution is -1.97. The van der Waals surface area contributed by atoms with Crippen molar-refractivity contribution in [2.24, 2.45) is 0 Å². The minimum atomic E-state index is 0.334. The van der Waals surface area contributed by atoms with Crippen LogP contribution in [0.4, 0.5) is 5.69 Å². The lowest BCUT2D eigenvalue weighted by molar-refractivity contribution is 0.471. The van der Waals surface area contributed by atoms with Crippen molar-refractivity contribution in [1.29, 1.82) is 0 Å². The summed E-state index contributed by atoms with van der Waals surface area (Å²) >= 11 is 3.52. The van der Waals surface area contributed by atoms with Crippen LogP contribution in [-0.2, 0) is 6.54 Å². The lowest BCUT2D eigenvalue weighted by Gasteiger charge is -2.06. The summed E-state index contributed by atoms with van der Waals surface area (Å²) in [5.41, 5.74) is 3.12. The predicted octanol–water partition coefficient (Wildman–Crippen LogP) is 5.10. The van der Waals surface area contributed by atoms with Gasteiger partial charge in [-0.15, -0.1) is 22.7 Å². The Hall–Kier alpha value is -1.78. The number of hydrogen-bond acceptors (Lipinski definition) is 4. The molecule has 0 aliphatic carbocycles. The predicted molar refractivity (Wildman–Crippen MR) is 87.8 cm³/mol. The minimum absolute atomic E-state index is 0.334. The van der Waals surface area contributed by atoms with Crippen LogP contribution in [0.15, 0.2) is 47.2 Å². The molecule has 0 aliphatic heterocycles. The number of hydrogen-bond donors (Lipinski definition) is 2. The van der Waals surface area contributed by atoms with Crippen LogP contribution in [0.25, 0.3) is 10.4 Å². The Bertz CT molecular complexity index is 701. The molecule has 0 saturated carbocycles. The number of thiophene rings is 2. The van der Waals surface area contributed by atoms with Crippen molar-refractivity contribution in [3.05, 3.63) is 57.6 Å². The van der Waals surface area contributed by atoms with E-state index in [2.05, 4.69) is 34.3 Å². The van der Waals surface area contributed by atoms with Gasteiger partial charge in [0, 0.05) is 33.6 Å². The lowest BCUT2D eigenvalue weighted by atomic mass is 10.2. The van der Waals surface area contributed by atoms with Crippen LogP contribution in [0.3, 0.4) is 0 Å². The maximum absolute atomic E-state index is 9.69. The standard InChI is InChI=1S/C16H15NOS2/c1-11-4-5-13(8-15(11)18)17-9-14-7-12(10-20-14)16-3-2-6-19-16/h2-8,10,17-18H,9H2,1H3. The SMILES string of the molecule is Cc1ccc(NCc2cc(-c3cccs3)cs2)cc1O. The third kappa shape index (κ3) is 2.86. The summed E-state index contributed by atoms with van der Waals surface area (Å²) in [5, 5.41) is 17.3. The summed E-state index contributed by atoms with van der Waals surface area (Å²) in [4.78, 5) is 2.59. The molecule has 4 heteroatoms. The quantitative estimate of drug-likeness (QED) is 0.702. The van der Waals surface area contributed by atoms with Gasteiger partial charge < -0.3 is 10.4 Å². The maximum atomic E-state index is 9.69. The van der Waals surface area contributed by atoms with Gasteiger partial charge in [-0.2, -0.15) is 0 Å². The van der Waals surface area contributed by atoms with Crippen molar-refractivity contribution >= 4 is 28.4 Å². The van der Waals surface area contributed by atoms with Crippen molar-refractivity contribution < 1.29 is 5.11 Å². The van der Waals surface area contributed by atoms with E-state index < -0.39 is 0 Å². The number of aromatic hydroxyl groups is 1. The smallest absolute Gasteiger partial charge is 0.120 e. The van der Waals surface area contributed by atoms with E-state index in [1.165, 1.54) is 15.3 Å². The second kappa shape index (κ2) is 5.69. The molecule has 0 spiro atoms. The van der Waals surface area contributed by atoms with Gasteiger partial charge in [0.05, 0.1) is 0 Å². The van der Waals surface area contributed by atoms with Crippen molar-refractivity contribution in [2.75, 3.05) is 5.32 Å². The fourth-order valence-corrected chi connectivity index (χ4v) is 3.57. The third-order valence-corrected chi connectivity index (χ3v) is 4.99. The first-order valence-electron chi connectivity index (χ1n) is 6.37. The third-order valence-electron chi connectivity index (χ3n) is 3.14. The molecule has 0 saturated heterocycles. The Labute approximate surface area is 126 Å². The van der Waals surface area contributed by atoms with Gasteiger partial charge in [-0.1, -0.05) is 12.1 Å². The molecule has 20 heavy (non-hydrogen) atoms. The average molecular weight is 301 g/mol. The van der Waals surface area contributed by atoms with Crippen LogP contribution in [0.5, 0.6) is 5.75 Å². The molecule has 2 heterocycles. The Morgan fingerprint density at radius 2 is 2.05 bits per heavy atom. The van der Waals surface area contributed by atoms with Crippen LogP contribution in [0.2, 0.25) is 0 Å². The number of aryl methyl sites for hydroxylation is 1. The van der Waals surface area contributed by atoms with Crippen molar-refractivity contribution in [3.8, 4) is 16.2 Å². The minimum Gasteiger partial charge on any atom is -0.508 e. The van der Waals surface area contributed by atoms with Gasteiger partial charge in [0.15, 0.2) is 0 Å². The number of nitrogens with one attached hydrogen (secondary N) is 1. The number of phenols is 1. The van der Waals surface area contributed by atoms with E-state index in [4.69, 9.17) is 0 Å². The average Bonchev–Trinajstić information content (AvgIpc) is 3.09. The molecule has 0 amide bonds. The first-order valence-corrected chi connectivity index (χ1v) is 8.13.